The molecule has 0 aromatic heterocycles. The summed E-state index contributed by atoms with van der Waals surface area (Å²) in [4.78, 5) is 14.1. The zero-order chi connectivity index (χ0) is 15.8. The van der Waals surface area contributed by atoms with Gasteiger partial charge in [-0.25, -0.2) is 0 Å². The number of hydrogen-bond acceptors (Lipinski definition) is 3. The Kier molecular flexibility index (Phi) is 6.48. The van der Waals surface area contributed by atoms with Crippen molar-refractivity contribution in [3.63, 3.8) is 0 Å². The van der Waals surface area contributed by atoms with E-state index in [4.69, 9.17) is 10.00 Å². The summed E-state index contributed by atoms with van der Waals surface area (Å²) in [6.45, 7) is 6.23. The van der Waals surface area contributed by atoms with E-state index in [0.29, 0.717) is 13.0 Å². The third-order valence-corrected chi connectivity index (χ3v) is 3.24. The second-order valence-corrected chi connectivity index (χ2v) is 5.06. The standard InChI is InChI=1S/C17H22N2O2/c1-13(2)19(11-7-10-18)17(20)12-14(3)15-8-5-6-9-16(15)21-4/h5-6,8-9,12-13H,7,11H2,1-4H3/b14-12-. The smallest absolute Gasteiger partial charge is 0.247 e. The number of carbonyl (C=O) groups is 1. The van der Waals surface area contributed by atoms with E-state index in [0.717, 1.165) is 16.9 Å². The number of nitrogens with zero attached hydrogens (tertiary/aromatic N) is 2. The first-order chi connectivity index (χ1) is 10.0. The molecule has 4 nitrogen and oxygen atoms in total. The van der Waals surface area contributed by atoms with E-state index in [1.165, 1.54) is 0 Å². The van der Waals surface area contributed by atoms with Crippen LogP contribution in [-0.2, 0) is 4.79 Å². The molecule has 0 atom stereocenters. The summed E-state index contributed by atoms with van der Waals surface area (Å²) in [7, 11) is 1.61. The van der Waals surface area contributed by atoms with Crippen molar-refractivity contribution in [1.29, 1.82) is 5.26 Å². The Balaban J connectivity index is 2.99. The summed E-state index contributed by atoms with van der Waals surface area (Å²) < 4.78 is 5.31. The Morgan fingerprint density at radius 2 is 2.10 bits per heavy atom. The molecule has 0 saturated heterocycles. The summed E-state index contributed by atoms with van der Waals surface area (Å²) in [5.74, 6) is 0.663. The molecule has 1 aromatic carbocycles. The lowest BCUT2D eigenvalue weighted by Crippen LogP contribution is -2.36. The molecule has 0 spiro atoms. The van der Waals surface area contributed by atoms with Crippen LogP contribution in [0.1, 0.15) is 32.8 Å². The summed E-state index contributed by atoms with van der Waals surface area (Å²) in [5.41, 5.74) is 1.75. The van der Waals surface area contributed by atoms with E-state index >= 15 is 0 Å². The Hall–Kier alpha value is -2.28. The molecule has 0 radical (unpaired) electrons. The maximum atomic E-state index is 12.4. The number of methoxy groups -OCH3 is 1. The third kappa shape index (κ3) is 4.64. The molecule has 0 saturated carbocycles. The molecule has 1 rings (SSSR count). The zero-order valence-electron chi connectivity index (χ0n) is 13.1. The minimum absolute atomic E-state index is 0.0626. The van der Waals surface area contributed by atoms with Gasteiger partial charge in [-0.3, -0.25) is 4.79 Å². The fourth-order valence-electron chi connectivity index (χ4n) is 2.11. The van der Waals surface area contributed by atoms with Gasteiger partial charge in [-0.2, -0.15) is 5.26 Å². The Bertz CT molecular complexity index is 556. The van der Waals surface area contributed by atoms with Gasteiger partial charge in [-0.05, 0) is 32.4 Å². The average molecular weight is 286 g/mol. The molecule has 0 bridgehead atoms. The average Bonchev–Trinajstić information content (AvgIpc) is 2.47. The summed E-state index contributed by atoms with van der Waals surface area (Å²) >= 11 is 0. The highest BCUT2D eigenvalue weighted by Crippen LogP contribution is 2.25. The Morgan fingerprint density at radius 3 is 2.67 bits per heavy atom. The first-order valence-corrected chi connectivity index (χ1v) is 7.00. The summed E-state index contributed by atoms with van der Waals surface area (Å²) in [5, 5.41) is 8.69. The van der Waals surface area contributed by atoms with E-state index in [2.05, 4.69) is 6.07 Å². The minimum atomic E-state index is -0.0799. The van der Waals surface area contributed by atoms with Gasteiger partial charge in [-0.15, -0.1) is 0 Å². The molecule has 1 aromatic rings. The van der Waals surface area contributed by atoms with Gasteiger partial charge in [0.05, 0.1) is 19.6 Å². The van der Waals surface area contributed by atoms with Gasteiger partial charge in [0.2, 0.25) is 5.91 Å². The van der Waals surface area contributed by atoms with Gasteiger partial charge in [0.15, 0.2) is 0 Å². The molecule has 21 heavy (non-hydrogen) atoms. The normalized spacial score (nSPS) is 11.1. The van der Waals surface area contributed by atoms with Crippen LogP contribution in [0, 0.1) is 11.3 Å². The first kappa shape index (κ1) is 16.8. The van der Waals surface area contributed by atoms with Crippen LogP contribution >= 0.6 is 0 Å². The number of rotatable bonds is 6. The summed E-state index contributed by atoms with van der Waals surface area (Å²) in [6, 6.07) is 9.74. The van der Waals surface area contributed by atoms with E-state index in [1.807, 2.05) is 45.0 Å². The minimum Gasteiger partial charge on any atom is -0.496 e. The van der Waals surface area contributed by atoms with Crippen molar-refractivity contribution in [2.24, 2.45) is 0 Å². The van der Waals surface area contributed by atoms with Crippen LogP contribution in [0.4, 0.5) is 0 Å². The number of ether oxygens (including phenoxy) is 1. The van der Waals surface area contributed by atoms with Crippen molar-refractivity contribution in [3.8, 4) is 11.8 Å². The van der Waals surface area contributed by atoms with E-state index in [9.17, 15) is 4.79 Å². The fourth-order valence-corrected chi connectivity index (χ4v) is 2.11. The highest BCUT2D eigenvalue weighted by Gasteiger charge is 2.15. The molecule has 0 aliphatic carbocycles. The van der Waals surface area contributed by atoms with Crippen molar-refractivity contribution in [2.75, 3.05) is 13.7 Å². The highest BCUT2D eigenvalue weighted by molar-refractivity contribution is 5.95. The lowest BCUT2D eigenvalue weighted by Gasteiger charge is -2.24. The first-order valence-electron chi connectivity index (χ1n) is 7.00. The largest absolute Gasteiger partial charge is 0.496 e. The van der Waals surface area contributed by atoms with Gasteiger partial charge in [-0.1, -0.05) is 18.2 Å². The molecule has 0 aliphatic rings. The van der Waals surface area contributed by atoms with E-state index < -0.39 is 0 Å². The Labute approximate surface area is 126 Å². The topological polar surface area (TPSA) is 53.3 Å². The molecule has 1 amide bonds. The van der Waals surface area contributed by atoms with Crippen molar-refractivity contribution >= 4 is 11.5 Å². The molecular weight excluding hydrogens is 264 g/mol. The number of amides is 1. The number of hydrogen-bond donors (Lipinski definition) is 0. The third-order valence-electron chi connectivity index (χ3n) is 3.24. The Morgan fingerprint density at radius 1 is 1.43 bits per heavy atom. The van der Waals surface area contributed by atoms with Gasteiger partial charge in [0, 0.05) is 24.2 Å². The number of benzene rings is 1. The maximum absolute atomic E-state index is 12.4. The lowest BCUT2D eigenvalue weighted by atomic mass is 10.1. The predicted octanol–water partition coefficient (Wildman–Crippen LogP) is 3.25. The van der Waals surface area contributed by atoms with Crippen molar-refractivity contribution in [1.82, 2.24) is 4.90 Å². The molecule has 112 valence electrons. The number of allylic oxidation sites excluding steroid dienone is 1. The van der Waals surface area contributed by atoms with Crippen LogP contribution in [0.5, 0.6) is 5.75 Å². The van der Waals surface area contributed by atoms with E-state index in [1.54, 1.807) is 18.1 Å². The van der Waals surface area contributed by atoms with Crippen LogP contribution in [0.25, 0.3) is 5.57 Å². The summed E-state index contributed by atoms with van der Waals surface area (Å²) in [6.07, 6.45) is 1.95. The van der Waals surface area contributed by atoms with E-state index in [-0.39, 0.29) is 11.9 Å². The van der Waals surface area contributed by atoms with Crippen molar-refractivity contribution in [2.45, 2.75) is 33.2 Å². The number of para-hydroxylation sites is 1. The highest BCUT2D eigenvalue weighted by atomic mass is 16.5. The second kappa shape index (κ2) is 8.11. The van der Waals surface area contributed by atoms with Gasteiger partial charge >= 0.3 is 0 Å². The van der Waals surface area contributed by atoms with Gasteiger partial charge in [0.25, 0.3) is 0 Å². The van der Waals surface area contributed by atoms with Crippen LogP contribution in [0.3, 0.4) is 0 Å². The van der Waals surface area contributed by atoms with Gasteiger partial charge in [0.1, 0.15) is 5.75 Å². The predicted molar refractivity (Wildman–Crippen MR) is 83.7 cm³/mol. The van der Waals surface area contributed by atoms with Gasteiger partial charge < -0.3 is 9.64 Å². The molecule has 0 N–H and O–H groups in total. The fraction of sp³-hybridized carbons (Fsp3) is 0.412. The van der Waals surface area contributed by atoms with Crippen LogP contribution in [0.2, 0.25) is 0 Å². The maximum Gasteiger partial charge on any atom is 0.247 e. The van der Waals surface area contributed by atoms with Crippen molar-refractivity contribution in [3.05, 3.63) is 35.9 Å². The second-order valence-electron chi connectivity index (χ2n) is 5.06. The molecule has 0 fully saturated rings. The molecule has 0 unspecified atom stereocenters. The zero-order valence-corrected chi connectivity index (χ0v) is 13.1. The molecular formula is C17H22N2O2. The molecule has 0 aliphatic heterocycles. The van der Waals surface area contributed by atoms with Crippen LogP contribution in [-0.4, -0.2) is 30.5 Å². The molecule has 4 heteroatoms. The lowest BCUT2D eigenvalue weighted by molar-refractivity contribution is -0.127. The SMILES string of the molecule is COc1ccccc1/C(C)=C\C(=O)N(CCC#N)C(C)C. The van der Waals surface area contributed by atoms with Crippen LogP contribution in [0.15, 0.2) is 30.3 Å². The van der Waals surface area contributed by atoms with Crippen LogP contribution < -0.4 is 4.74 Å². The molecule has 0 heterocycles. The quantitative estimate of drug-likeness (QED) is 0.754. The monoisotopic (exact) mass is 286 g/mol. The number of carbonyl (C=O) groups excluding carboxylic acids is 1. The number of nitriles is 1. The van der Waals surface area contributed by atoms with Crippen molar-refractivity contribution < 1.29 is 9.53 Å².